The number of carbonyl (C=O) groups is 2. The van der Waals surface area contributed by atoms with Crippen LogP contribution in [0.3, 0.4) is 0 Å². The van der Waals surface area contributed by atoms with Gasteiger partial charge in [0, 0.05) is 23.4 Å². The van der Waals surface area contributed by atoms with Gasteiger partial charge in [-0.2, -0.15) is 0 Å². The van der Waals surface area contributed by atoms with Crippen molar-refractivity contribution in [3.8, 4) is 0 Å². The standard InChI is InChI=1S/C18H16BrN3O2S2/c1-22(10-12-4-6-13(19)7-5-12)16(23)9-14-11-26-18(20-14)21-17(24)15-3-2-8-25-15/h2-8,11H,9-10H2,1H3,(H,20,21,24). The SMILES string of the molecule is CN(Cc1ccc(Br)cc1)C(=O)Cc1csc(NC(=O)c2cccs2)n1. The Morgan fingerprint density at radius 3 is 2.65 bits per heavy atom. The minimum absolute atomic E-state index is 0.0191. The van der Waals surface area contributed by atoms with Crippen LogP contribution in [0.5, 0.6) is 0 Å². The number of nitrogens with zero attached hydrogens (tertiary/aromatic N) is 2. The zero-order valence-electron chi connectivity index (χ0n) is 13.9. The fraction of sp³-hybridized carbons (Fsp3) is 0.167. The Kier molecular flexibility index (Phi) is 6.18. The quantitative estimate of drug-likeness (QED) is 0.605. The lowest BCUT2D eigenvalue weighted by atomic mass is 10.2. The van der Waals surface area contributed by atoms with E-state index < -0.39 is 0 Å². The molecule has 3 aromatic rings. The molecule has 1 aromatic carbocycles. The number of amides is 2. The summed E-state index contributed by atoms with van der Waals surface area (Å²) in [7, 11) is 1.77. The zero-order chi connectivity index (χ0) is 18.5. The predicted molar refractivity (Wildman–Crippen MR) is 109 cm³/mol. The van der Waals surface area contributed by atoms with E-state index in [2.05, 4.69) is 26.2 Å². The molecule has 2 aromatic heterocycles. The first-order chi connectivity index (χ1) is 12.5. The fourth-order valence-electron chi connectivity index (χ4n) is 2.25. The number of nitrogens with one attached hydrogen (secondary N) is 1. The summed E-state index contributed by atoms with van der Waals surface area (Å²) in [6, 6.07) is 11.5. The molecular formula is C18H16BrN3O2S2. The zero-order valence-corrected chi connectivity index (χ0v) is 17.2. The number of likely N-dealkylation sites (N-methyl/N-ethyl adjacent to an activating group) is 1. The smallest absolute Gasteiger partial charge is 0.267 e. The second-order valence-corrected chi connectivity index (χ2v) is 8.35. The van der Waals surface area contributed by atoms with E-state index in [1.807, 2.05) is 35.7 Å². The maximum Gasteiger partial charge on any atom is 0.267 e. The van der Waals surface area contributed by atoms with Gasteiger partial charge in [0.2, 0.25) is 5.91 Å². The normalized spacial score (nSPS) is 10.5. The molecule has 0 atom stereocenters. The minimum Gasteiger partial charge on any atom is -0.341 e. The second-order valence-electron chi connectivity index (χ2n) is 5.63. The van der Waals surface area contributed by atoms with E-state index >= 15 is 0 Å². The number of anilines is 1. The molecule has 0 saturated carbocycles. The first-order valence-corrected chi connectivity index (χ1v) is 10.3. The Morgan fingerprint density at radius 1 is 1.19 bits per heavy atom. The van der Waals surface area contributed by atoms with Gasteiger partial charge in [0.25, 0.3) is 5.91 Å². The van der Waals surface area contributed by atoms with Crippen LogP contribution >= 0.6 is 38.6 Å². The van der Waals surface area contributed by atoms with Crippen LogP contribution in [-0.4, -0.2) is 28.7 Å². The summed E-state index contributed by atoms with van der Waals surface area (Å²) >= 11 is 6.09. The lowest BCUT2D eigenvalue weighted by Gasteiger charge is -2.16. The van der Waals surface area contributed by atoms with E-state index in [1.165, 1.54) is 22.7 Å². The third-order valence-corrected chi connectivity index (χ3v) is 5.81. The first kappa shape index (κ1) is 18.8. The maximum absolute atomic E-state index is 12.4. The Bertz CT molecular complexity index is 892. The maximum atomic E-state index is 12.4. The number of rotatable bonds is 6. The first-order valence-electron chi connectivity index (χ1n) is 7.79. The van der Waals surface area contributed by atoms with Crippen LogP contribution in [0, 0.1) is 0 Å². The topological polar surface area (TPSA) is 62.3 Å². The molecule has 5 nitrogen and oxygen atoms in total. The van der Waals surface area contributed by atoms with Crippen LogP contribution in [0.4, 0.5) is 5.13 Å². The van der Waals surface area contributed by atoms with Crippen LogP contribution in [0.2, 0.25) is 0 Å². The summed E-state index contributed by atoms with van der Waals surface area (Å²) in [5.41, 5.74) is 1.72. The van der Waals surface area contributed by atoms with Crippen LogP contribution < -0.4 is 5.32 Å². The average Bonchev–Trinajstić information content (AvgIpc) is 3.29. The van der Waals surface area contributed by atoms with Crippen molar-refractivity contribution in [1.82, 2.24) is 9.88 Å². The molecule has 3 rings (SSSR count). The Balaban J connectivity index is 1.55. The van der Waals surface area contributed by atoms with Crippen molar-refractivity contribution in [1.29, 1.82) is 0 Å². The summed E-state index contributed by atoms with van der Waals surface area (Å²) in [4.78, 5) is 31.1. The van der Waals surface area contributed by atoms with Crippen LogP contribution in [-0.2, 0) is 17.8 Å². The molecule has 0 spiro atoms. The van der Waals surface area contributed by atoms with Gasteiger partial charge in [-0.05, 0) is 29.1 Å². The summed E-state index contributed by atoms with van der Waals surface area (Å²) in [5, 5.41) is 6.91. The molecule has 0 radical (unpaired) electrons. The van der Waals surface area contributed by atoms with Gasteiger partial charge in [-0.15, -0.1) is 22.7 Å². The molecule has 0 aliphatic carbocycles. The van der Waals surface area contributed by atoms with E-state index in [0.29, 0.717) is 22.2 Å². The predicted octanol–water partition coefficient (Wildman–Crippen LogP) is 4.42. The summed E-state index contributed by atoms with van der Waals surface area (Å²) < 4.78 is 1.01. The van der Waals surface area contributed by atoms with Gasteiger partial charge in [-0.3, -0.25) is 14.9 Å². The van der Waals surface area contributed by atoms with Gasteiger partial charge in [-0.1, -0.05) is 34.1 Å². The minimum atomic E-state index is -0.181. The Hall–Kier alpha value is -2.03. The van der Waals surface area contributed by atoms with Crippen LogP contribution in [0.25, 0.3) is 0 Å². The molecule has 1 N–H and O–H groups in total. The lowest BCUT2D eigenvalue weighted by molar-refractivity contribution is -0.129. The third kappa shape index (κ3) is 5.00. The van der Waals surface area contributed by atoms with E-state index in [9.17, 15) is 9.59 Å². The van der Waals surface area contributed by atoms with E-state index in [4.69, 9.17) is 0 Å². The highest BCUT2D eigenvalue weighted by molar-refractivity contribution is 9.10. The van der Waals surface area contributed by atoms with Crippen molar-refractivity contribution in [3.63, 3.8) is 0 Å². The van der Waals surface area contributed by atoms with Crippen LogP contribution in [0.15, 0.2) is 51.6 Å². The number of hydrogen-bond donors (Lipinski definition) is 1. The van der Waals surface area contributed by atoms with Gasteiger partial charge in [0.1, 0.15) is 0 Å². The number of thiazole rings is 1. The summed E-state index contributed by atoms with van der Waals surface area (Å²) in [5.74, 6) is -0.200. The molecule has 134 valence electrons. The molecule has 0 aliphatic heterocycles. The fourth-order valence-corrected chi connectivity index (χ4v) is 3.84. The lowest BCUT2D eigenvalue weighted by Crippen LogP contribution is -2.27. The van der Waals surface area contributed by atoms with E-state index in [-0.39, 0.29) is 18.2 Å². The van der Waals surface area contributed by atoms with Gasteiger partial charge in [-0.25, -0.2) is 4.98 Å². The average molecular weight is 450 g/mol. The number of aromatic nitrogens is 1. The molecule has 0 bridgehead atoms. The number of carbonyl (C=O) groups excluding carboxylic acids is 2. The number of hydrogen-bond acceptors (Lipinski definition) is 5. The molecule has 0 unspecified atom stereocenters. The van der Waals surface area contributed by atoms with Gasteiger partial charge in [0.15, 0.2) is 5.13 Å². The highest BCUT2D eigenvalue weighted by Crippen LogP contribution is 2.19. The van der Waals surface area contributed by atoms with Gasteiger partial charge >= 0.3 is 0 Å². The summed E-state index contributed by atoms with van der Waals surface area (Å²) in [6.07, 6.45) is 0.207. The van der Waals surface area contributed by atoms with Crippen molar-refractivity contribution in [2.24, 2.45) is 0 Å². The van der Waals surface area contributed by atoms with Gasteiger partial charge in [0.05, 0.1) is 17.0 Å². The van der Waals surface area contributed by atoms with Crippen molar-refractivity contribution in [3.05, 3.63) is 67.8 Å². The highest BCUT2D eigenvalue weighted by Gasteiger charge is 2.14. The molecule has 26 heavy (non-hydrogen) atoms. The monoisotopic (exact) mass is 449 g/mol. The highest BCUT2D eigenvalue weighted by atomic mass is 79.9. The summed E-state index contributed by atoms with van der Waals surface area (Å²) in [6.45, 7) is 0.540. The second kappa shape index (κ2) is 8.57. The molecule has 0 aliphatic rings. The van der Waals surface area contributed by atoms with Crippen molar-refractivity contribution < 1.29 is 9.59 Å². The third-order valence-electron chi connectivity index (χ3n) is 3.61. The van der Waals surface area contributed by atoms with E-state index in [0.717, 1.165) is 10.0 Å². The van der Waals surface area contributed by atoms with E-state index in [1.54, 1.807) is 23.4 Å². The van der Waals surface area contributed by atoms with Crippen molar-refractivity contribution in [2.75, 3.05) is 12.4 Å². The molecule has 2 heterocycles. The number of thiophene rings is 1. The number of halogens is 1. The molecule has 0 saturated heterocycles. The van der Waals surface area contributed by atoms with Crippen molar-refractivity contribution >= 4 is 55.5 Å². The Labute approximate surface area is 167 Å². The van der Waals surface area contributed by atoms with Crippen molar-refractivity contribution in [2.45, 2.75) is 13.0 Å². The molecule has 8 heteroatoms. The van der Waals surface area contributed by atoms with Gasteiger partial charge < -0.3 is 4.90 Å². The Morgan fingerprint density at radius 2 is 1.96 bits per heavy atom. The molecular weight excluding hydrogens is 434 g/mol. The largest absolute Gasteiger partial charge is 0.341 e. The van der Waals surface area contributed by atoms with Crippen LogP contribution in [0.1, 0.15) is 20.9 Å². The molecule has 0 fully saturated rings. The molecule has 2 amide bonds. The number of benzene rings is 1.